The lowest BCUT2D eigenvalue weighted by Crippen LogP contribution is -2.40. The minimum absolute atomic E-state index is 0.0738. The van der Waals surface area contributed by atoms with Crippen molar-refractivity contribution in [1.29, 1.82) is 0 Å². The van der Waals surface area contributed by atoms with Gasteiger partial charge in [0.05, 0.1) is 6.04 Å². The van der Waals surface area contributed by atoms with E-state index in [1.165, 1.54) is 0 Å². The Morgan fingerprint density at radius 2 is 2.29 bits per heavy atom. The summed E-state index contributed by atoms with van der Waals surface area (Å²) in [6.45, 7) is 2.78. The molecule has 0 rings (SSSR count). The molecule has 0 fully saturated rings. The molecule has 0 aliphatic carbocycles. The molecule has 0 aromatic carbocycles. The lowest BCUT2D eigenvalue weighted by molar-refractivity contribution is -0.122. The van der Waals surface area contributed by atoms with Crippen LogP contribution in [0, 0.1) is 0 Å². The van der Waals surface area contributed by atoms with Crippen LogP contribution in [-0.2, 0) is 4.79 Å². The number of hydrogen-bond donors (Lipinski definition) is 3. The molecule has 4 nitrogen and oxygen atoms in total. The molecule has 5 heteroatoms. The summed E-state index contributed by atoms with van der Waals surface area (Å²) in [6, 6.07) is -0.377. The molecule has 84 valence electrons. The van der Waals surface area contributed by atoms with E-state index in [1.54, 1.807) is 11.8 Å². The van der Waals surface area contributed by atoms with Gasteiger partial charge in [0.25, 0.3) is 0 Å². The summed E-state index contributed by atoms with van der Waals surface area (Å²) in [7, 11) is 0. The van der Waals surface area contributed by atoms with Gasteiger partial charge in [-0.15, -0.1) is 0 Å². The van der Waals surface area contributed by atoms with E-state index in [0.717, 1.165) is 17.9 Å². The predicted octanol–water partition coefficient (Wildman–Crippen LogP) is -0.0445. The molecule has 14 heavy (non-hydrogen) atoms. The van der Waals surface area contributed by atoms with Crippen molar-refractivity contribution in [3.8, 4) is 0 Å². The van der Waals surface area contributed by atoms with Gasteiger partial charge in [-0.2, -0.15) is 11.8 Å². The van der Waals surface area contributed by atoms with E-state index in [4.69, 9.17) is 10.8 Å². The Morgan fingerprint density at radius 3 is 2.86 bits per heavy atom. The van der Waals surface area contributed by atoms with E-state index in [1.807, 2.05) is 6.92 Å². The topological polar surface area (TPSA) is 75.4 Å². The molecule has 4 N–H and O–H groups in total. The average Bonchev–Trinajstić information content (AvgIpc) is 2.21. The van der Waals surface area contributed by atoms with Crippen LogP contribution in [0.15, 0.2) is 0 Å². The molecule has 0 saturated heterocycles. The Kier molecular flexibility index (Phi) is 9.13. The normalized spacial score (nSPS) is 12.5. The first kappa shape index (κ1) is 13.7. The molecular formula is C9H20N2O2S. The van der Waals surface area contributed by atoms with Crippen LogP contribution >= 0.6 is 11.8 Å². The lowest BCUT2D eigenvalue weighted by Gasteiger charge is -2.09. The minimum Gasteiger partial charge on any atom is -0.396 e. The van der Waals surface area contributed by atoms with Crippen molar-refractivity contribution in [1.82, 2.24) is 5.32 Å². The summed E-state index contributed by atoms with van der Waals surface area (Å²) in [6.07, 6.45) is 1.48. The number of aliphatic hydroxyl groups is 1. The number of thioether (sulfide) groups is 1. The third-order valence-electron chi connectivity index (χ3n) is 1.77. The van der Waals surface area contributed by atoms with Gasteiger partial charge in [-0.05, 0) is 18.6 Å². The molecule has 0 saturated carbocycles. The maximum absolute atomic E-state index is 11.2. The molecule has 0 spiro atoms. The van der Waals surface area contributed by atoms with E-state index >= 15 is 0 Å². The number of amides is 1. The second kappa shape index (κ2) is 9.30. The number of hydrogen-bond acceptors (Lipinski definition) is 4. The van der Waals surface area contributed by atoms with Crippen molar-refractivity contribution in [2.24, 2.45) is 5.73 Å². The minimum atomic E-state index is -0.377. The van der Waals surface area contributed by atoms with Gasteiger partial charge >= 0.3 is 0 Å². The van der Waals surface area contributed by atoms with Gasteiger partial charge in [0.15, 0.2) is 0 Å². The maximum atomic E-state index is 11.2. The Balaban J connectivity index is 3.23. The molecule has 0 aromatic rings. The van der Waals surface area contributed by atoms with Crippen molar-refractivity contribution in [3.63, 3.8) is 0 Å². The van der Waals surface area contributed by atoms with E-state index in [2.05, 4.69) is 5.32 Å². The van der Waals surface area contributed by atoms with Crippen LogP contribution in [0.25, 0.3) is 0 Å². The third kappa shape index (κ3) is 7.17. The van der Waals surface area contributed by atoms with Gasteiger partial charge < -0.3 is 16.2 Å². The number of nitrogens with one attached hydrogen (secondary N) is 1. The zero-order valence-corrected chi connectivity index (χ0v) is 9.48. The number of carbonyl (C=O) groups is 1. The van der Waals surface area contributed by atoms with Gasteiger partial charge in [0.2, 0.25) is 5.91 Å². The van der Waals surface area contributed by atoms with Crippen LogP contribution in [0.4, 0.5) is 0 Å². The van der Waals surface area contributed by atoms with Gasteiger partial charge in [0.1, 0.15) is 0 Å². The molecule has 0 aliphatic rings. The van der Waals surface area contributed by atoms with Crippen LogP contribution in [0.2, 0.25) is 0 Å². The fraction of sp³-hybridized carbons (Fsp3) is 0.889. The summed E-state index contributed by atoms with van der Waals surface area (Å²) in [5.41, 5.74) is 5.53. The number of aliphatic hydroxyl groups excluding tert-OH is 1. The fourth-order valence-electron chi connectivity index (χ4n) is 0.832. The molecule has 0 bridgehead atoms. The van der Waals surface area contributed by atoms with Crippen LogP contribution in [0.5, 0.6) is 0 Å². The third-order valence-corrected chi connectivity index (χ3v) is 2.84. The SMILES string of the molecule is CCC(N)C(=O)NCCSCCCO. The van der Waals surface area contributed by atoms with E-state index in [9.17, 15) is 4.79 Å². The molecule has 0 aliphatic heterocycles. The highest BCUT2D eigenvalue weighted by Crippen LogP contribution is 2.00. The van der Waals surface area contributed by atoms with Crippen molar-refractivity contribution in [2.75, 3.05) is 24.7 Å². The first-order chi connectivity index (χ1) is 6.72. The quantitative estimate of drug-likeness (QED) is 0.502. The summed E-state index contributed by atoms with van der Waals surface area (Å²) >= 11 is 1.72. The first-order valence-corrected chi connectivity index (χ1v) is 6.09. The molecule has 0 aromatic heterocycles. The number of rotatable bonds is 8. The van der Waals surface area contributed by atoms with Crippen molar-refractivity contribution in [2.45, 2.75) is 25.8 Å². The van der Waals surface area contributed by atoms with Gasteiger partial charge in [-0.3, -0.25) is 4.79 Å². The van der Waals surface area contributed by atoms with E-state index < -0.39 is 0 Å². The van der Waals surface area contributed by atoms with Crippen LogP contribution in [-0.4, -0.2) is 41.7 Å². The number of carbonyl (C=O) groups excluding carboxylic acids is 1. The molecule has 1 unspecified atom stereocenters. The van der Waals surface area contributed by atoms with Crippen LogP contribution in [0.1, 0.15) is 19.8 Å². The summed E-state index contributed by atoms with van der Waals surface area (Å²) in [4.78, 5) is 11.2. The fourth-order valence-corrected chi connectivity index (χ4v) is 1.62. The van der Waals surface area contributed by atoms with E-state index in [0.29, 0.717) is 13.0 Å². The van der Waals surface area contributed by atoms with Crippen LogP contribution in [0.3, 0.4) is 0 Å². The molecule has 0 heterocycles. The summed E-state index contributed by atoms with van der Waals surface area (Å²) in [5.74, 6) is 1.74. The highest BCUT2D eigenvalue weighted by atomic mass is 32.2. The summed E-state index contributed by atoms with van der Waals surface area (Å²) < 4.78 is 0. The monoisotopic (exact) mass is 220 g/mol. The molecule has 1 atom stereocenters. The summed E-state index contributed by atoms with van der Waals surface area (Å²) in [5, 5.41) is 11.3. The Bertz CT molecular complexity index is 156. The maximum Gasteiger partial charge on any atom is 0.236 e. The van der Waals surface area contributed by atoms with Crippen molar-refractivity contribution in [3.05, 3.63) is 0 Å². The van der Waals surface area contributed by atoms with Gasteiger partial charge in [-0.1, -0.05) is 6.92 Å². The highest BCUT2D eigenvalue weighted by Gasteiger charge is 2.08. The second-order valence-corrected chi connectivity index (χ2v) is 4.22. The predicted molar refractivity (Wildman–Crippen MR) is 60.3 cm³/mol. The van der Waals surface area contributed by atoms with Crippen LogP contribution < -0.4 is 11.1 Å². The highest BCUT2D eigenvalue weighted by molar-refractivity contribution is 7.99. The van der Waals surface area contributed by atoms with Gasteiger partial charge in [0, 0.05) is 18.9 Å². The van der Waals surface area contributed by atoms with Crippen molar-refractivity contribution >= 4 is 17.7 Å². The Morgan fingerprint density at radius 1 is 1.57 bits per heavy atom. The van der Waals surface area contributed by atoms with Crippen molar-refractivity contribution < 1.29 is 9.90 Å². The zero-order chi connectivity index (χ0) is 10.8. The van der Waals surface area contributed by atoms with Gasteiger partial charge in [-0.25, -0.2) is 0 Å². The first-order valence-electron chi connectivity index (χ1n) is 4.94. The molecular weight excluding hydrogens is 200 g/mol. The Labute approximate surface area is 89.6 Å². The molecule has 1 amide bonds. The second-order valence-electron chi connectivity index (χ2n) is 3.00. The van der Waals surface area contributed by atoms with E-state index in [-0.39, 0.29) is 18.6 Å². The largest absolute Gasteiger partial charge is 0.396 e. The Hall–Kier alpha value is -0.260. The standard InChI is InChI=1S/C9H20N2O2S/c1-2-8(10)9(13)11-4-7-14-6-3-5-12/h8,12H,2-7,10H2,1H3,(H,11,13). The molecule has 0 radical (unpaired) electrons. The smallest absolute Gasteiger partial charge is 0.236 e. The number of nitrogens with two attached hydrogens (primary N) is 1. The lowest BCUT2D eigenvalue weighted by atomic mass is 10.2. The zero-order valence-electron chi connectivity index (χ0n) is 8.66. The average molecular weight is 220 g/mol.